The van der Waals surface area contributed by atoms with Crippen molar-refractivity contribution in [2.75, 3.05) is 19.7 Å². The number of ether oxygens (including phenoxy) is 1. The number of hydrogen-bond donors (Lipinski definition) is 1. The molecule has 0 aliphatic carbocycles. The number of carbonyl (C=O) groups is 1. The van der Waals surface area contributed by atoms with Crippen LogP contribution in [0.2, 0.25) is 0 Å². The third kappa shape index (κ3) is 5.88. The van der Waals surface area contributed by atoms with Gasteiger partial charge in [-0.3, -0.25) is 4.79 Å². The number of benzene rings is 1. The average Bonchev–Trinajstić information content (AvgIpc) is 2.44. The zero-order valence-corrected chi connectivity index (χ0v) is 12.2. The van der Waals surface area contributed by atoms with Crippen LogP contribution in [0.5, 0.6) is 0 Å². The zero-order chi connectivity index (χ0) is 14.1. The molecule has 3 heteroatoms. The van der Waals surface area contributed by atoms with Gasteiger partial charge < -0.3 is 10.1 Å². The van der Waals surface area contributed by atoms with Crippen LogP contribution in [0.3, 0.4) is 0 Å². The lowest BCUT2D eigenvalue weighted by Gasteiger charge is -2.14. The highest BCUT2D eigenvalue weighted by Gasteiger charge is 2.13. The van der Waals surface area contributed by atoms with Gasteiger partial charge in [-0.05, 0) is 31.4 Å². The number of nitrogens with one attached hydrogen (secondary N) is 1. The minimum atomic E-state index is -0.119. The maximum Gasteiger partial charge on any atom is 0.309 e. The van der Waals surface area contributed by atoms with Crippen molar-refractivity contribution >= 4 is 5.97 Å². The molecule has 2 unspecified atom stereocenters. The summed E-state index contributed by atoms with van der Waals surface area (Å²) in [6.07, 6.45) is 1.07. The van der Waals surface area contributed by atoms with Gasteiger partial charge >= 0.3 is 5.97 Å². The lowest BCUT2D eigenvalue weighted by atomic mass is 9.98. The van der Waals surface area contributed by atoms with Crippen molar-refractivity contribution in [1.82, 2.24) is 5.32 Å². The predicted molar refractivity (Wildman–Crippen MR) is 78.1 cm³/mol. The van der Waals surface area contributed by atoms with Crippen molar-refractivity contribution < 1.29 is 9.53 Å². The van der Waals surface area contributed by atoms with Gasteiger partial charge in [-0.15, -0.1) is 0 Å². The first-order chi connectivity index (χ1) is 9.15. The van der Waals surface area contributed by atoms with Gasteiger partial charge in [-0.1, -0.05) is 44.2 Å². The average molecular weight is 263 g/mol. The van der Waals surface area contributed by atoms with E-state index in [-0.39, 0.29) is 11.9 Å². The van der Waals surface area contributed by atoms with Gasteiger partial charge in [0, 0.05) is 6.54 Å². The van der Waals surface area contributed by atoms with Crippen molar-refractivity contribution in [2.24, 2.45) is 5.92 Å². The third-order valence-electron chi connectivity index (χ3n) is 3.26. The van der Waals surface area contributed by atoms with Crippen LogP contribution in [0, 0.1) is 5.92 Å². The summed E-state index contributed by atoms with van der Waals surface area (Å²) >= 11 is 0. The van der Waals surface area contributed by atoms with E-state index in [1.807, 2.05) is 19.9 Å². The molecule has 1 rings (SSSR count). The van der Waals surface area contributed by atoms with E-state index in [4.69, 9.17) is 4.74 Å². The molecule has 19 heavy (non-hydrogen) atoms. The Morgan fingerprint density at radius 1 is 1.26 bits per heavy atom. The fourth-order valence-electron chi connectivity index (χ4n) is 1.95. The summed E-state index contributed by atoms with van der Waals surface area (Å²) in [6, 6.07) is 10.5. The second-order valence-corrected chi connectivity index (χ2v) is 4.96. The Bertz CT molecular complexity index is 364. The molecule has 0 fully saturated rings. The minimum Gasteiger partial charge on any atom is -0.466 e. The maximum atomic E-state index is 11.4. The molecule has 0 bridgehead atoms. The molecule has 1 aromatic carbocycles. The molecule has 3 nitrogen and oxygen atoms in total. The molecule has 1 aromatic rings. The van der Waals surface area contributed by atoms with Crippen molar-refractivity contribution in [3.8, 4) is 0 Å². The van der Waals surface area contributed by atoms with Crippen molar-refractivity contribution in [2.45, 2.75) is 33.1 Å². The first-order valence-electron chi connectivity index (χ1n) is 7.07. The molecule has 0 spiro atoms. The van der Waals surface area contributed by atoms with Gasteiger partial charge in [0.15, 0.2) is 0 Å². The van der Waals surface area contributed by atoms with Crippen LogP contribution in [0.25, 0.3) is 0 Å². The Kier molecular flexibility index (Phi) is 7.19. The summed E-state index contributed by atoms with van der Waals surface area (Å²) in [6.45, 7) is 8.01. The summed E-state index contributed by atoms with van der Waals surface area (Å²) in [5, 5.41) is 3.32. The number of rotatable bonds is 8. The van der Waals surface area contributed by atoms with Crippen LogP contribution in [-0.4, -0.2) is 25.7 Å². The summed E-state index contributed by atoms with van der Waals surface area (Å²) in [5.74, 6) is 0.338. The quantitative estimate of drug-likeness (QED) is 0.579. The second-order valence-electron chi connectivity index (χ2n) is 4.96. The van der Waals surface area contributed by atoms with E-state index in [2.05, 4.69) is 36.5 Å². The first-order valence-corrected chi connectivity index (χ1v) is 7.07. The van der Waals surface area contributed by atoms with E-state index < -0.39 is 0 Å². The van der Waals surface area contributed by atoms with Crippen molar-refractivity contribution in [3.05, 3.63) is 35.9 Å². The molecule has 0 heterocycles. The van der Waals surface area contributed by atoms with E-state index in [1.165, 1.54) is 5.56 Å². The van der Waals surface area contributed by atoms with Crippen molar-refractivity contribution in [1.29, 1.82) is 0 Å². The van der Waals surface area contributed by atoms with E-state index in [0.717, 1.165) is 13.0 Å². The molecule has 0 aromatic heterocycles. The van der Waals surface area contributed by atoms with E-state index in [9.17, 15) is 4.79 Å². The highest BCUT2D eigenvalue weighted by molar-refractivity contribution is 5.72. The summed E-state index contributed by atoms with van der Waals surface area (Å²) in [7, 11) is 0. The Balaban J connectivity index is 2.19. The molecule has 2 atom stereocenters. The molecule has 0 saturated carbocycles. The summed E-state index contributed by atoms with van der Waals surface area (Å²) in [5.41, 5.74) is 1.36. The highest BCUT2D eigenvalue weighted by Crippen LogP contribution is 2.17. The lowest BCUT2D eigenvalue weighted by Crippen LogP contribution is -2.29. The smallest absolute Gasteiger partial charge is 0.309 e. The molecule has 0 radical (unpaired) electrons. The van der Waals surface area contributed by atoms with E-state index >= 15 is 0 Å². The Labute approximate surface area is 116 Å². The fourth-order valence-corrected chi connectivity index (χ4v) is 1.95. The monoisotopic (exact) mass is 263 g/mol. The van der Waals surface area contributed by atoms with Crippen LogP contribution in [-0.2, 0) is 9.53 Å². The van der Waals surface area contributed by atoms with Gasteiger partial charge in [-0.2, -0.15) is 0 Å². The zero-order valence-electron chi connectivity index (χ0n) is 12.2. The molecular weight excluding hydrogens is 238 g/mol. The molecule has 0 amide bonds. The second kappa shape index (κ2) is 8.70. The van der Waals surface area contributed by atoms with Crippen LogP contribution in [0.4, 0.5) is 0 Å². The highest BCUT2D eigenvalue weighted by atomic mass is 16.5. The van der Waals surface area contributed by atoms with Gasteiger partial charge in [0.1, 0.15) is 0 Å². The van der Waals surface area contributed by atoms with Crippen LogP contribution in [0.15, 0.2) is 30.3 Å². The molecule has 0 saturated heterocycles. The van der Waals surface area contributed by atoms with Gasteiger partial charge in [0.25, 0.3) is 0 Å². The lowest BCUT2D eigenvalue weighted by molar-refractivity contribution is -0.147. The summed E-state index contributed by atoms with van der Waals surface area (Å²) < 4.78 is 4.97. The molecule has 0 aliphatic heterocycles. The molecule has 1 N–H and O–H groups in total. The Morgan fingerprint density at radius 3 is 2.58 bits per heavy atom. The molecular formula is C16H25NO2. The van der Waals surface area contributed by atoms with Gasteiger partial charge in [-0.25, -0.2) is 0 Å². The molecule has 106 valence electrons. The number of carbonyl (C=O) groups excluding carboxylic acids is 1. The Hall–Kier alpha value is -1.35. The van der Waals surface area contributed by atoms with Gasteiger partial charge in [0.2, 0.25) is 0 Å². The number of hydrogen-bond acceptors (Lipinski definition) is 3. The largest absolute Gasteiger partial charge is 0.466 e. The maximum absolute atomic E-state index is 11.4. The molecule has 0 aliphatic rings. The standard InChI is InChI=1S/C16H25NO2/c1-4-19-16(18)14(3)12-17-11-10-13(2)15-8-6-5-7-9-15/h5-9,13-14,17H,4,10-12H2,1-3H3. The SMILES string of the molecule is CCOC(=O)C(C)CNCCC(C)c1ccccc1. The van der Waals surface area contributed by atoms with E-state index in [1.54, 1.807) is 0 Å². The van der Waals surface area contributed by atoms with Crippen LogP contribution < -0.4 is 5.32 Å². The predicted octanol–water partition coefficient (Wildman–Crippen LogP) is 2.97. The van der Waals surface area contributed by atoms with Crippen LogP contribution in [0.1, 0.15) is 38.7 Å². The first kappa shape index (κ1) is 15.7. The normalized spacial score (nSPS) is 13.8. The Morgan fingerprint density at radius 2 is 1.95 bits per heavy atom. The topological polar surface area (TPSA) is 38.3 Å². The fraction of sp³-hybridized carbons (Fsp3) is 0.562. The minimum absolute atomic E-state index is 0.0769. The number of esters is 1. The van der Waals surface area contributed by atoms with Crippen LogP contribution >= 0.6 is 0 Å². The summed E-state index contributed by atoms with van der Waals surface area (Å²) in [4.78, 5) is 11.4. The van der Waals surface area contributed by atoms with E-state index in [0.29, 0.717) is 19.1 Å². The van der Waals surface area contributed by atoms with Crippen molar-refractivity contribution in [3.63, 3.8) is 0 Å². The van der Waals surface area contributed by atoms with Gasteiger partial charge in [0.05, 0.1) is 12.5 Å². The third-order valence-corrected chi connectivity index (χ3v) is 3.26.